The first-order chi connectivity index (χ1) is 20.6. The summed E-state index contributed by atoms with van der Waals surface area (Å²) in [5.74, 6) is 0.379. The molecule has 0 radical (unpaired) electrons. The highest BCUT2D eigenvalue weighted by atomic mass is 79.9. The molecule has 10 heteroatoms. The molecule has 1 aromatic carbocycles. The maximum absolute atomic E-state index is 14.2. The third-order valence-electron chi connectivity index (χ3n) is 8.28. The van der Waals surface area contributed by atoms with E-state index in [0.29, 0.717) is 22.1 Å². The average molecular weight is 658 g/mol. The number of pyridine rings is 1. The lowest BCUT2D eigenvalue weighted by Crippen LogP contribution is -2.53. The molecule has 3 N–H and O–H groups in total. The lowest BCUT2D eigenvalue weighted by molar-refractivity contribution is -0.121. The molecule has 234 valence electrons. The fourth-order valence-electron chi connectivity index (χ4n) is 6.44. The number of nitrogens with zero attached hydrogens (tertiary/aromatic N) is 1. The van der Waals surface area contributed by atoms with Gasteiger partial charge < -0.3 is 20.1 Å². The Bertz CT molecular complexity index is 1210. The Morgan fingerprint density at radius 2 is 1.47 bits per heavy atom. The fourth-order valence-corrected chi connectivity index (χ4v) is 6.74. The van der Waals surface area contributed by atoms with Gasteiger partial charge in [-0.25, -0.2) is 14.6 Å². The van der Waals surface area contributed by atoms with Gasteiger partial charge in [-0.05, 0) is 72.2 Å². The maximum atomic E-state index is 14.2. The molecule has 1 atom stereocenters. The first-order valence-corrected chi connectivity index (χ1v) is 16.3. The quantitative estimate of drug-likeness (QED) is 0.234. The third-order valence-corrected chi connectivity index (χ3v) is 8.72. The standard InChI is InChI=1S/C33H45BrN4O5/c1-33(2,3)43-32(41)35-25-19-20-26(34)36-29(25)38-30(39)28(37-31(40)42-21-22-13-7-4-8-14-22)27(23-15-9-5-10-16-23)24-17-11-6-12-18-24/h4,7-8,13-14,19-20,23-24,27-28H,5-6,9-12,15-18,21H2,1-3H3,(H,35,41)(H,37,40)(H,36,38,39). The zero-order valence-corrected chi connectivity index (χ0v) is 27.1. The number of hydrogen-bond donors (Lipinski definition) is 3. The fraction of sp³-hybridized carbons (Fsp3) is 0.576. The van der Waals surface area contributed by atoms with Crippen LogP contribution in [-0.2, 0) is 20.9 Å². The highest BCUT2D eigenvalue weighted by Crippen LogP contribution is 2.42. The Morgan fingerprint density at radius 3 is 2.05 bits per heavy atom. The van der Waals surface area contributed by atoms with Gasteiger partial charge in [0, 0.05) is 0 Å². The molecule has 1 aromatic heterocycles. The van der Waals surface area contributed by atoms with Crippen molar-refractivity contribution in [3.8, 4) is 0 Å². The van der Waals surface area contributed by atoms with Crippen LogP contribution < -0.4 is 16.0 Å². The van der Waals surface area contributed by atoms with Gasteiger partial charge in [-0.15, -0.1) is 0 Å². The molecule has 1 heterocycles. The molecular formula is C33H45BrN4O5. The highest BCUT2D eigenvalue weighted by molar-refractivity contribution is 9.10. The number of carbonyl (C=O) groups is 3. The predicted octanol–water partition coefficient (Wildman–Crippen LogP) is 8.20. The van der Waals surface area contributed by atoms with Crippen LogP contribution in [0, 0.1) is 17.8 Å². The molecule has 9 nitrogen and oxygen atoms in total. The van der Waals surface area contributed by atoms with Crippen molar-refractivity contribution < 1.29 is 23.9 Å². The van der Waals surface area contributed by atoms with E-state index in [1.54, 1.807) is 32.9 Å². The minimum atomic E-state index is -0.829. The molecule has 0 bridgehead atoms. The van der Waals surface area contributed by atoms with E-state index in [1.165, 1.54) is 12.8 Å². The lowest BCUT2D eigenvalue weighted by atomic mass is 9.66. The van der Waals surface area contributed by atoms with Crippen molar-refractivity contribution in [3.63, 3.8) is 0 Å². The largest absolute Gasteiger partial charge is 0.445 e. The molecule has 2 aromatic rings. The molecule has 1 unspecified atom stereocenters. The van der Waals surface area contributed by atoms with Crippen LogP contribution >= 0.6 is 15.9 Å². The number of anilines is 2. The van der Waals surface area contributed by atoms with Gasteiger partial charge in [0.2, 0.25) is 5.91 Å². The first kappa shape index (κ1) is 32.8. The number of ether oxygens (including phenoxy) is 2. The number of aromatic nitrogens is 1. The molecule has 43 heavy (non-hydrogen) atoms. The molecular weight excluding hydrogens is 612 g/mol. The van der Waals surface area contributed by atoms with Gasteiger partial charge in [0.15, 0.2) is 5.82 Å². The van der Waals surface area contributed by atoms with Crippen LogP contribution in [0.2, 0.25) is 0 Å². The monoisotopic (exact) mass is 656 g/mol. The number of benzene rings is 1. The van der Waals surface area contributed by atoms with Crippen molar-refractivity contribution in [2.45, 2.75) is 103 Å². The number of carbonyl (C=O) groups excluding carboxylic acids is 3. The van der Waals surface area contributed by atoms with Crippen molar-refractivity contribution in [1.82, 2.24) is 10.3 Å². The molecule has 0 spiro atoms. The topological polar surface area (TPSA) is 119 Å². The summed E-state index contributed by atoms with van der Waals surface area (Å²) < 4.78 is 11.5. The van der Waals surface area contributed by atoms with Gasteiger partial charge >= 0.3 is 12.2 Å². The van der Waals surface area contributed by atoms with Gasteiger partial charge in [0.05, 0.1) is 5.69 Å². The normalized spacial score (nSPS) is 17.1. The molecule has 2 aliphatic carbocycles. The predicted molar refractivity (Wildman–Crippen MR) is 171 cm³/mol. The second-order valence-corrected chi connectivity index (χ2v) is 13.5. The van der Waals surface area contributed by atoms with E-state index in [4.69, 9.17) is 9.47 Å². The van der Waals surface area contributed by atoms with Gasteiger partial charge in [-0.2, -0.15) is 0 Å². The maximum Gasteiger partial charge on any atom is 0.412 e. The minimum absolute atomic E-state index is 0.0423. The summed E-state index contributed by atoms with van der Waals surface area (Å²) in [6.45, 7) is 5.44. The van der Waals surface area contributed by atoms with E-state index in [1.807, 2.05) is 30.3 Å². The van der Waals surface area contributed by atoms with E-state index < -0.39 is 23.8 Å². The summed E-state index contributed by atoms with van der Waals surface area (Å²) in [5.41, 5.74) is 0.465. The number of rotatable bonds is 9. The summed E-state index contributed by atoms with van der Waals surface area (Å²) in [6, 6.07) is 12.0. The van der Waals surface area contributed by atoms with E-state index in [-0.39, 0.29) is 24.2 Å². The van der Waals surface area contributed by atoms with Gasteiger partial charge in [0.1, 0.15) is 22.9 Å². The average Bonchev–Trinajstić information content (AvgIpc) is 2.98. The highest BCUT2D eigenvalue weighted by Gasteiger charge is 2.41. The van der Waals surface area contributed by atoms with Crippen molar-refractivity contribution >= 4 is 45.5 Å². The summed E-state index contributed by atoms with van der Waals surface area (Å²) in [5, 5.41) is 8.62. The third kappa shape index (κ3) is 10.2. The molecule has 2 saturated carbocycles. The summed E-state index contributed by atoms with van der Waals surface area (Å²) >= 11 is 3.38. The second-order valence-electron chi connectivity index (χ2n) is 12.7. The molecule has 2 fully saturated rings. The van der Waals surface area contributed by atoms with Gasteiger partial charge in [-0.3, -0.25) is 10.1 Å². The van der Waals surface area contributed by atoms with E-state index in [2.05, 4.69) is 36.9 Å². The molecule has 0 aliphatic heterocycles. The van der Waals surface area contributed by atoms with Crippen LogP contribution in [0.15, 0.2) is 47.1 Å². The Balaban J connectivity index is 1.60. The number of nitrogens with one attached hydrogen (secondary N) is 3. The number of hydrogen-bond acceptors (Lipinski definition) is 6. The van der Waals surface area contributed by atoms with Crippen molar-refractivity contribution in [2.75, 3.05) is 10.6 Å². The van der Waals surface area contributed by atoms with Crippen LogP contribution in [0.3, 0.4) is 0 Å². The molecule has 2 aliphatic rings. The van der Waals surface area contributed by atoms with Crippen LogP contribution in [0.1, 0.15) is 90.5 Å². The minimum Gasteiger partial charge on any atom is -0.445 e. The van der Waals surface area contributed by atoms with Crippen molar-refractivity contribution in [1.29, 1.82) is 0 Å². The lowest BCUT2D eigenvalue weighted by Gasteiger charge is -2.41. The summed E-state index contributed by atoms with van der Waals surface area (Å²) in [7, 11) is 0. The summed E-state index contributed by atoms with van der Waals surface area (Å²) in [6.07, 6.45) is 9.73. The van der Waals surface area contributed by atoms with Crippen molar-refractivity contribution in [3.05, 3.63) is 52.6 Å². The van der Waals surface area contributed by atoms with Gasteiger partial charge in [0.25, 0.3) is 0 Å². The van der Waals surface area contributed by atoms with E-state index in [0.717, 1.165) is 56.9 Å². The Morgan fingerprint density at radius 1 is 0.860 bits per heavy atom. The Hall–Kier alpha value is -3.14. The van der Waals surface area contributed by atoms with Crippen LogP contribution in [-0.4, -0.2) is 34.7 Å². The number of halogens is 1. The molecule has 4 rings (SSSR count). The molecule has 0 saturated heterocycles. The zero-order chi connectivity index (χ0) is 30.8. The number of alkyl carbamates (subject to hydrolysis) is 1. The van der Waals surface area contributed by atoms with Gasteiger partial charge in [-0.1, -0.05) is 94.5 Å². The van der Waals surface area contributed by atoms with E-state index in [9.17, 15) is 14.4 Å². The van der Waals surface area contributed by atoms with Crippen LogP contribution in [0.5, 0.6) is 0 Å². The van der Waals surface area contributed by atoms with Crippen molar-refractivity contribution in [2.24, 2.45) is 17.8 Å². The number of amides is 3. The zero-order valence-electron chi connectivity index (χ0n) is 25.5. The van der Waals surface area contributed by atoms with Crippen LogP contribution in [0.4, 0.5) is 21.1 Å². The molecule has 3 amide bonds. The Kier molecular flexibility index (Phi) is 11.8. The van der Waals surface area contributed by atoms with E-state index >= 15 is 0 Å². The smallest absolute Gasteiger partial charge is 0.412 e. The Labute approximate surface area is 263 Å². The van der Waals surface area contributed by atoms with Crippen LogP contribution in [0.25, 0.3) is 0 Å². The second kappa shape index (κ2) is 15.5. The SMILES string of the molecule is CC(C)(C)OC(=O)Nc1ccc(Br)nc1NC(=O)C(NC(=O)OCc1ccccc1)C(C1CCCCC1)C1CCCCC1. The first-order valence-electron chi connectivity index (χ1n) is 15.5. The summed E-state index contributed by atoms with van der Waals surface area (Å²) in [4.78, 5) is 44.5.